The number of alkyl halides is 1. The van der Waals surface area contributed by atoms with Crippen molar-refractivity contribution in [1.82, 2.24) is 9.78 Å². The van der Waals surface area contributed by atoms with E-state index in [1.165, 1.54) is 6.07 Å². The highest BCUT2D eigenvalue weighted by molar-refractivity contribution is 9.08. The fourth-order valence-electron chi connectivity index (χ4n) is 1.82. The largest absolute Gasteiger partial charge is 0.486 e. The van der Waals surface area contributed by atoms with Crippen LogP contribution in [0.15, 0.2) is 30.5 Å². The molecule has 20 heavy (non-hydrogen) atoms. The molecule has 106 valence electrons. The zero-order chi connectivity index (χ0) is 14.5. The molecule has 0 bridgehead atoms. The van der Waals surface area contributed by atoms with E-state index in [1.54, 1.807) is 23.0 Å². The number of nitro benzene ring substituents is 1. The minimum Gasteiger partial charge on any atom is -0.486 e. The van der Waals surface area contributed by atoms with E-state index in [-0.39, 0.29) is 5.69 Å². The van der Waals surface area contributed by atoms with Crippen molar-refractivity contribution < 1.29 is 9.66 Å². The first kappa shape index (κ1) is 14.5. The maximum atomic E-state index is 11.0. The second-order valence-electron chi connectivity index (χ2n) is 4.24. The Bertz CT molecular complexity index is 613. The van der Waals surface area contributed by atoms with Crippen molar-refractivity contribution in [3.63, 3.8) is 0 Å². The molecule has 0 atom stereocenters. The minimum atomic E-state index is -0.433. The summed E-state index contributed by atoms with van der Waals surface area (Å²) in [4.78, 5) is 10.5. The molecular formula is C13H14BrN3O3. The smallest absolute Gasteiger partial charge is 0.310 e. The number of benzene rings is 1. The van der Waals surface area contributed by atoms with Gasteiger partial charge < -0.3 is 4.74 Å². The molecule has 7 heteroatoms. The van der Waals surface area contributed by atoms with E-state index in [2.05, 4.69) is 21.0 Å². The molecule has 0 aliphatic carbocycles. The molecule has 0 amide bonds. The molecule has 0 saturated heterocycles. The number of ether oxygens (including phenoxy) is 1. The third kappa shape index (κ3) is 3.36. The number of hydrogen-bond donors (Lipinski definition) is 0. The Labute approximate surface area is 124 Å². The summed E-state index contributed by atoms with van der Waals surface area (Å²) in [5.74, 6) is 0.300. The van der Waals surface area contributed by atoms with Crippen LogP contribution in [0.4, 0.5) is 5.69 Å². The highest BCUT2D eigenvalue weighted by atomic mass is 79.9. The highest BCUT2D eigenvalue weighted by Crippen LogP contribution is 2.28. The quantitative estimate of drug-likeness (QED) is 0.461. The van der Waals surface area contributed by atoms with Crippen molar-refractivity contribution in [3.05, 3.63) is 51.8 Å². The molecule has 0 saturated carbocycles. The molecule has 2 aromatic rings. The second-order valence-corrected chi connectivity index (χ2v) is 4.80. The van der Waals surface area contributed by atoms with Gasteiger partial charge in [-0.2, -0.15) is 5.10 Å². The van der Waals surface area contributed by atoms with Crippen molar-refractivity contribution in [2.45, 2.75) is 11.8 Å². The monoisotopic (exact) mass is 339 g/mol. The fourth-order valence-corrected chi connectivity index (χ4v) is 2.17. The number of halogens is 1. The van der Waals surface area contributed by atoms with E-state index in [1.807, 2.05) is 13.1 Å². The summed E-state index contributed by atoms with van der Waals surface area (Å²) in [5.41, 5.74) is 1.94. The zero-order valence-electron chi connectivity index (χ0n) is 11.0. The van der Waals surface area contributed by atoms with E-state index in [0.717, 1.165) is 11.3 Å². The summed E-state index contributed by atoms with van der Waals surface area (Å²) >= 11 is 3.33. The Morgan fingerprint density at radius 1 is 1.45 bits per heavy atom. The van der Waals surface area contributed by atoms with Gasteiger partial charge in [-0.3, -0.25) is 14.8 Å². The molecule has 2 rings (SSSR count). The van der Waals surface area contributed by atoms with Gasteiger partial charge in [0.2, 0.25) is 0 Å². The van der Waals surface area contributed by atoms with E-state index in [4.69, 9.17) is 4.74 Å². The van der Waals surface area contributed by atoms with Gasteiger partial charge in [0.05, 0.1) is 11.5 Å². The average Bonchev–Trinajstić information content (AvgIpc) is 2.84. The van der Waals surface area contributed by atoms with Crippen LogP contribution in [0.25, 0.3) is 0 Å². The number of rotatable bonds is 6. The van der Waals surface area contributed by atoms with E-state index < -0.39 is 4.92 Å². The Kier molecular flexibility index (Phi) is 4.73. The molecular weight excluding hydrogens is 326 g/mol. The van der Waals surface area contributed by atoms with Crippen LogP contribution in [0, 0.1) is 10.1 Å². The van der Waals surface area contributed by atoms with Crippen LogP contribution in [-0.2, 0) is 18.8 Å². The van der Waals surface area contributed by atoms with Crippen molar-refractivity contribution >= 4 is 21.6 Å². The van der Waals surface area contributed by atoms with Gasteiger partial charge in [0.25, 0.3) is 0 Å². The van der Waals surface area contributed by atoms with Crippen LogP contribution in [0.5, 0.6) is 5.75 Å². The summed E-state index contributed by atoms with van der Waals surface area (Å²) in [6.07, 6.45) is 2.36. The minimum absolute atomic E-state index is 0.0142. The van der Waals surface area contributed by atoms with E-state index in [0.29, 0.717) is 24.1 Å². The van der Waals surface area contributed by atoms with Crippen LogP contribution in [0.3, 0.4) is 0 Å². The molecule has 1 heterocycles. The first-order valence-corrected chi connectivity index (χ1v) is 7.17. The Morgan fingerprint density at radius 3 is 2.85 bits per heavy atom. The maximum absolute atomic E-state index is 11.0. The number of aryl methyl sites for hydroxylation is 1. The molecule has 0 N–H and O–H groups in total. The summed E-state index contributed by atoms with van der Waals surface area (Å²) in [7, 11) is 1.85. The lowest BCUT2D eigenvalue weighted by Crippen LogP contribution is -2.07. The topological polar surface area (TPSA) is 70.2 Å². The van der Waals surface area contributed by atoms with Gasteiger partial charge in [0.15, 0.2) is 5.75 Å². The third-order valence-electron chi connectivity index (χ3n) is 2.91. The van der Waals surface area contributed by atoms with Crippen molar-refractivity contribution in [1.29, 1.82) is 0 Å². The van der Waals surface area contributed by atoms with Crippen molar-refractivity contribution in [2.24, 2.45) is 7.05 Å². The van der Waals surface area contributed by atoms with Crippen LogP contribution in [0.2, 0.25) is 0 Å². The maximum Gasteiger partial charge on any atom is 0.310 e. The molecule has 0 fully saturated rings. The van der Waals surface area contributed by atoms with E-state index >= 15 is 0 Å². The number of hydrogen-bond acceptors (Lipinski definition) is 4. The van der Waals surface area contributed by atoms with Crippen LogP contribution in [-0.4, -0.2) is 21.3 Å². The van der Waals surface area contributed by atoms with Gasteiger partial charge in [-0.25, -0.2) is 0 Å². The molecule has 0 radical (unpaired) electrons. The summed E-state index contributed by atoms with van der Waals surface area (Å²) < 4.78 is 7.32. The van der Waals surface area contributed by atoms with Gasteiger partial charge in [-0.15, -0.1) is 0 Å². The van der Waals surface area contributed by atoms with Crippen molar-refractivity contribution in [2.75, 3.05) is 6.61 Å². The molecule has 0 aliphatic rings. The molecule has 1 aromatic heterocycles. The summed E-state index contributed by atoms with van der Waals surface area (Å²) in [6, 6.07) is 6.76. The van der Waals surface area contributed by atoms with E-state index in [9.17, 15) is 10.1 Å². The number of nitro groups is 1. The standard InChI is InChI=1S/C13H14BrN3O3/c1-16-11(4-6-15-16)5-7-20-13-8-10(9-14)2-3-12(13)17(18)19/h2-4,6,8H,5,7,9H2,1H3. The summed E-state index contributed by atoms with van der Waals surface area (Å²) in [5, 5.41) is 15.7. The van der Waals surface area contributed by atoms with Crippen molar-refractivity contribution in [3.8, 4) is 5.75 Å². The molecule has 1 aromatic carbocycles. The highest BCUT2D eigenvalue weighted by Gasteiger charge is 2.15. The third-order valence-corrected chi connectivity index (χ3v) is 3.56. The lowest BCUT2D eigenvalue weighted by Gasteiger charge is -2.08. The van der Waals surface area contributed by atoms with Gasteiger partial charge in [0, 0.05) is 36.8 Å². The Balaban J connectivity index is 2.07. The first-order valence-electron chi connectivity index (χ1n) is 6.04. The Hall–Kier alpha value is -1.89. The lowest BCUT2D eigenvalue weighted by atomic mass is 10.2. The molecule has 0 unspecified atom stereocenters. The number of nitrogens with zero attached hydrogens (tertiary/aromatic N) is 3. The molecule has 6 nitrogen and oxygen atoms in total. The fraction of sp³-hybridized carbons (Fsp3) is 0.308. The predicted molar refractivity (Wildman–Crippen MR) is 78.1 cm³/mol. The molecule has 0 spiro atoms. The predicted octanol–water partition coefficient (Wildman–Crippen LogP) is 2.84. The van der Waals surface area contributed by atoms with Gasteiger partial charge in [0.1, 0.15) is 0 Å². The van der Waals surface area contributed by atoms with Gasteiger partial charge in [-0.1, -0.05) is 22.0 Å². The summed E-state index contributed by atoms with van der Waals surface area (Å²) in [6.45, 7) is 0.367. The van der Waals surface area contributed by atoms with Gasteiger partial charge >= 0.3 is 5.69 Å². The Morgan fingerprint density at radius 2 is 2.25 bits per heavy atom. The normalized spacial score (nSPS) is 10.5. The van der Waals surface area contributed by atoms with Crippen LogP contribution in [0.1, 0.15) is 11.3 Å². The number of aromatic nitrogens is 2. The van der Waals surface area contributed by atoms with Gasteiger partial charge in [-0.05, 0) is 17.7 Å². The van der Waals surface area contributed by atoms with Crippen LogP contribution >= 0.6 is 15.9 Å². The second kappa shape index (κ2) is 6.51. The lowest BCUT2D eigenvalue weighted by molar-refractivity contribution is -0.385. The average molecular weight is 340 g/mol. The molecule has 0 aliphatic heterocycles. The van der Waals surface area contributed by atoms with Crippen LogP contribution < -0.4 is 4.74 Å². The zero-order valence-corrected chi connectivity index (χ0v) is 12.5. The SMILES string of the molecule is Cn1nccc1CCOc1cc(CBr)ccc1[N+](=O)[O-]. The first-order chi connectivity index (χ1) is 9.61.